The van der Waals surface area contributed by atoms with Gasteiger partial charge in [-0.15, -0.1) is 11.8 Å². The summed E-state index contributed by atoms with van der Waals surface area (Å²) in [6.07, 6.45) is 5.44. The van der Waals surface area contributed by atoms with E-state index < -0.39 is 0 Å². The first-order chi connectivity index (χ1) is 17.4. The topological polar surface area (TPSA) is 121 Å². The Hall–Kier alpha value is -3.30. The lowest BCUT2D eigenvalue weighted by molar-refractivity contribution is 0.243. The van der Waals surface area contributed by atoms with Gasteiger partial charge in [0.25, 0.3) is 0 Å². The van der Waals surface area contributed by atoms with Gasteiger partial charge in [-0.3, -0.25) is 0 Å². The van der Waals surface area contributed by atoms with E-state index in [1.54, 1.807) is 11.8 Å². The monoisotopic (exact) mass is 505 g/mol. The minimum Gasteiger partial charge on any atom is -0.489 e. The molecule has 0 saturated carbocycles. The first-order valence-corrected chi connectivity index (χ1v) is 13.5. The molecule has 0 bridgehead atoms. The van der Waals surface area contributed by atoms with Gasteiger partial charge in [-0.25, -0.2) is 0 Å². The number of rotatable bonds is 9. The minimum atomic E-state index is 0.0145. The Labute approximate surface area is 217 Å². The summed E-state index contributed by atoms with van der Waals surface area (Å²) in [4.78, 5) is 10.2. The van der Waals surface area contributed by atoms with Crippen LogP contribution in [0.4, 0.5) is 29.0 Å². The lowest BCUT2D eigenvalue weighted by Crippen LogP contribution is -2.27. The molecule has 4 rings (SSSR count). The number of nitrogens with two attached hydrogens (primary N) is 1. The van der Waals surface area contributed by atoms with Crippen LogP contribution in [0.1, 0.15) is 49.3 Å². The molecule has 8 nitrogen and oxygen atoms in total. The van der Waals surface area contributed by atoms with Crippen LogP contribution in [0, 0.1) is 12.3 Å². The Morgan fingerprint density at radius 3 is 2.58 bits per heavy atom. The highest BCUT2D eigenvalue weighted by Crippen LogP contribution is 2.37. The summed E-state index contributed by atoms with van der Waals surface area (Å²) in [5.41, 5.74) is 10.9. The largest absolute Gasteiger partial charge is 0.489 e. The first kappa shape index (κ1) is 25.8. The Bertz CT molecular complexity index is 1220. The Morgan fingerprint density at radius 2 is 1.89 bits per heavy atom. The van der Waals surface area contributed by atoms with Gasteiger partial charge in [0.15, 0.2) is 0 Å². The number of ether oxygens (including phenoxy) is 1. The van der Waals surface area contributed by atoms with E-state index in [9.17, 15) is 0 Å². The van der Waals surface area contributed by atoms with Crippen molar-refractivity contribution in [1.82, 2.24) is 15.3 Å². The van der Waals surface area contributed by atoms with Crippen molar-refractivity contribution in [3.8, 4) is 5.75 Å². The number of hydrogen-bond acceptors (Lipinski definition) is 9. The zero-order chi connectivity index (χ0) is 25.7. The van der Waals surface area contributed by atoms with Crippen LogP contribution in [-0.4, -0.2) is 41.6 Å². The molecule has 1 aliphatic heterocycles. The molecule has 0 atom stereocenters. The Kier molecular flexibility index (Phi) is 8.32. The normalized spacial score (nSPS) is 14.0. The lowest BCUT2D eigenvalue weighted by Gasteiger charge is -2.26. The first-order valence-electron chi connectivity index (χ1n) is 12.3. The van der Waals surface area contributed by atoms with Crippen LogP contribution in [0.15, 0.2) is 41.3 Å². The van der Waals surface area contributed by atoms with E-state index in [2.05, 4.69) is 40.0 Å². The van der Waals surface area contributed by atoms with E-state index >= 15 is 0 Å². The summed E-state index contributed by atoms with van der Waals surface area (Å²) in [6.45, 7) is 8.25. The maximum absolute atomic E-state index is 7.87. The highest BCUT2D eigenvalue weighted by atomic mass is 32.2. The van der Waals surface area contributed by atoms with Gasteiger partial charge in [0.2, 0.25) is 5.95 Å². The molecular formula is C27H35N7OS. The van der Waals surface area contributed by atoms with E-state index in [-0.39, 0.29) is 11.9 Å². The van der Waals surface area contributed by atoms with Gasteiger partial charge in [0.1, 0.15) is 17.4 Å². The van der Waals surface area contributed by atoms with Crippen LogP contribution in [0.25, 0.3) is 0 Å². The number of hydrogen-bond donors (Lipinski definition) is 5. The molecule has 1 aromatic heterocycles. The SMILES string of the molecule is CSc1ccccc1Nc1nc(Nc2cc(C)c(C3CCNCC3)cc2OC(C)C)nc(N)c1C=N. The van der Waals surface area contributed by atoms with Crippen molar-refractivity contribution in [1.29, 1.82) is 5.41 Å². The lowest BCUT2D eigenvalue weighted by atomic mass is 9.87. The van der Waals surface area contributed by atoms with Gasteiger partial charge in [0, 0.05) is 11.1 Å². The number of benzene rings is 2. The molecule has 1 fully saturated rings. The summed E-state index contributed by atoms with van der Waals surface area (Å²) in [6, 6.07) is 12.2. The molecule has 0 aliphatic carbocycles. The van der Waals surface area contributed by atoms with Crippen LogP contribution in [-0.2, 0) is 0 Å². The standard InChI is InChI=1S/C27H35N7OS/c1-16(2)35-23-14-19(18-9-11-30-12-10-18)17(3)13-22(23)32-27-33-25(29)20(15-28)26(34-27)31-21-7-5-6-8-24(21)36-4/h5-8,13-16,18,28,30H,9-12H2,1-4H3,(H4,29,31,32,33,34). The average Bonchev–Trinajstić information content (AvgIpc) is 2.86. The predicted molar refractivity (Wildman–Crippen MR) is 151 cm³/mol. The van der Waals surface area contributed by atoms with Gasteiger partial charge in [-0.05, 0) is 94.3 Å². The van der Waals surface area contributed by atoms with Crippen LogP contribution >= 0.6 is 11.8 Å². The fourth-order valence-corrected chi connectivity index (χ4v) is 5.06. The zero-order valence-corrected chi connectivity index (χ0v) is 22.1. The van der Waals surface area contributed by atoms with Gasteiger partial charge in [-0.2, -0.15) is 9.97 Å². The zero-order valence-electron chi connectivity index (χ0n) is 21.3. The van der Waals surface area contributed by atoms with E-state index in [1.807, 2.05) is 44.4 Å². The number of nitrogen functional groups attached to an aromatic ring is 1. The van der Waals surface area contributed by atoms with Crippen LogP contribution in [0.5, 0.6) is 5.75 Å². The van der Waals surface area contributed by atoms with E-state index in [0.717, 1.165) is 48.0 Å². The summed E-state index contributed by atoms with van der Waals surface area (Å²) in [7, 11) is 0. The molecule has 3 aromatic rings. The third-order valence-electron chi connectivity index (χ3n) is 6.24. The Balaban J connectivity index is 1.70. The van der Waals surface area contributed by atoms with Gasteiger partial charge < -0.3 is 31.8 Å². The molecule has 0 unspecified atom stereocenters. The van der Waals surface area contributed by atoms with Crippen LogP contribution < -0.4 is 26.4 Å². The Morgan fingerprint density at radius 1 is 1.14 bits per heavy atom. The molecule has 190 valence electrons. The maximum atomic E-state index is 7.87. The molecule has 1 saturated heterocycles. The third-order valence-corrected chi connectivity index (χ3v) is 7.03. The van der Waals surface area contributed by atoms with Gasteiger partial charge >= 0.3 is 0 Å². The van der Waals surface area contributed by atoms with Crippen molar-refractivity contribution in [3.63, 3.8) is 0 Å². The van der Waals surface area contributed by atoms with Crippen LogP contribution in [0.3, 0.4) is 0 Å². The second-order valence-corrected chi connectivity index (χ2v) is 10.0. The second-order valence-electron chi connectivity index (χ2n) is 9.19. The number of nitrogens with zero attached hydrogens (tertiary/aromatic N) is 2. The fourth-order valence-electron chi connectivity index (χ4n) is 4.50. The molecule has 2 aromatic carbocycles. The summed E-state index contributed by atoms with van der Waals surface area (Å²) in [5.74, 6) is 2.31. The molecule has 0 spiro atoms. The number of piperidine rings is 1. The number of thioether (sulfide) groups is 1. The smallest absolute Gasteiger partial charge is 0.231 e. The van der Waals surface area contributed by atoms with Crippen molar-refractivity contribution in [2.24, 2.45) is 0 Å². The second kappa shape index (κ2) is 11.6. The molecule has 9 heteroatoms. The van der Waals surface area contributed by atoms with E-state index in [4.69, 9.17) is 20.9 Å². The highest BCUT2D eigenvalue weighted by Gasteiger charge is 2.21. The van der Waals surface area contributed by atoms with Crippen molar-refractivity contribution in [2.75, 3.05) is 35.7 Å². The van der Waals surface area contributed by atoms with E-state index in [0.29, 0.717) is 23.2 Å². The van der Waals surface area contributed by atoms with Gasteiger partial charge in [0.05, 0.1) is 23.0 Å². The maximum Gasteiger partial charge on any atom is 0.231 e. The van der Waals surface area contributed by atoms with Crippen molar-refractivity contribution < 1.29 is 4.74 Å². The number of aromatic nitrogens is 2. The van der Waals surface area contributed by atoms with Crippen molar-refractivity contribution >= 4 is 46.9 Å². The molecule has 36 heavy (non-hydrogen) atoms. The van der Waals surface area contributed by atoms with Crippen LogP contribution in [0.2, 0.25) is 0 Å². The third kappa shape index (κ3) is 5.91. The highest BCUT2D eigenvalue weighted by molar-refractivity contribution is 7.98. The molecule has 1 aliphatic rings. The summed E-state index contributed by atoms with van der Waals surface area (Å²) in [5, 5.41) is 18.0. The number of aryl methyl sites for hydroxylation is 1. The number of anilines is 5. The fraction of sp³-hybridized carbons (Fsp3) is 0.370. The molecular weight excluding hydrogens is 470 g/mol. The molecule has 6 N–H and O–H groups in total. The average molecular weight is 506 g/mol. The van der Waals surface area contributed by atoms with Gasteiger partial charge in [-0.1, -0.05) is 12.1 Å². The summed E-state index contributed by atoms with van der Waals surface area (Å²) < 4.78 is 6.22. The number of para-hydroxylation sites is 1. The number of nitrogens with one attached hydrogen (secondary N) is 4. The molecule has 0 radical (unpaired) electrons. The van der Waals surface area contributed by atoms with Crippen molar-refractivity contribution in [2.45, 2.75) is 50.5 Å². The minimum absolute atomic E-state index is 0.0145. The molecule has 2 heterocycles. The summed E-state index contributed by atoms with van der Waals surface area (Å²) >= 11 is 1.63. The van der Waals surface area contributed by atoms with Crippen molar-refractivity contribution in [3.05, 3.63) is 53.1 Å². The molecule has 0 amide bonds. The predicted octanol–water partition coefficient (Wildman–Crippen LogP) is 5.83. The van der Waals surface area contributed by atoms with E-state index in [1.165, 1.54) is 17.3 Å². The quantitative estimate of drug-likeness (QED) is 0.182.